The van der Waals surface area contributed by atoms with Crippen LogP contribution >= 0.6 is 15.9 Å². The number of aliphatic imine (C=N–C) groups is 2. The standard InChI is InChI=1S/C14H10BrN3O2/c1-8-6-12(19)18-11(13(20)17-14(18)16-8)7-9-2-4-10(15)5-3-9/h2-5,7H,6H2,1H3/b11-7-. The van der Waals surface area contributed by atoms with Crippen LogP contribution < -0.4 is 0 Å². The van der Waals surface area contributed by atoms with Crippen molar-refractivity contribution in [2.75, 3.05) is 0 Å². The molecule has 0 bridgehead atoms. The average Bonchev–Trinajstić information content (AvgIpc) is 2.68. The molecule has 0 radical (unpaired) electrons. The second kappa shape index (κ2) is 4.79. The van der Waals surface area contributed by atoms with Gasteiger partial charge in [-0.3, -0.25) is 9.59 Å². The SMILES string of the molecule is CC1=NC2=NC(=O)/C(=C/c3ccc(Br)cc3)N2C(=O)C1. The maximum atomic E-state index is 12.1. The zero-order valence-electron chi connectivity index (χ0n) is 10.6. The molecular weight excluding hydrogens is 322 g/mol. The van der Waals surface area contributed by atoms with Gasteiger partial charge in [-0.05, 0) is 30.7 Å². The summed E-state index contributed by atoms with van der Waals surface area (Å²) < 4.78 is 0.948. The largest absolute Gasteiger partial charge is 0.297 e. The van der Waals surface area contributed by atoms with Crippen LogP contribution in [0.3, 0.4) is 0 Å². The molecule has 6 heteroatoms. The third kappa shape index (κ3) is 2.22. The molecule has 0 spiro atoms. The third-order valence-electron chi connectivity index (χ3n) is 2.98. The van der Waals surface area contributed by atoms with Crippen LogP contribution in [0.5, 0.6) is 0 Å². The van der Waals surface area contributed by atoms with Gasteiger partial charge < -0.3 is 0 Å². The van der Waals surface area contributed by atoms with Gasteiger partial charge in [0.15, 0.2) is 0 Å². The fourth-order valence-electron chi connectivity index (χ4n) is 2.07. The minimum absolute atomic E-state index is 0.173. The molecule has 2 heterocycles. The van der Waals surface area contributed by atoms with Gasteiger partial charge >= 0.3 is 0 Å². The maximum absolute atomic E-state index is 12.1. The smallest absolute Gasteiger partial charge is 0.274 e. The zero-order valence-corrected chi connectivity index (χ0v) is 12.2. The van der Waals surface area contributed by atoms with Crippen molar-refractivity contribution in [3.63, 3.8) is 0 Å². The number of fused-ring (bicyclic) bond motifs is 1. The van der Waals surface area contributed by atoms with E-state index >= 15 is 0 Å². The second-order valence-electron chi connectivity index (χ2n) is 4.55. The Balaban J connectivity index is 2.01. The predicted molar refractivity (Wildman–Crippen MR) is 79.1 cm³/mol. The summed E-state index contributed by atoms with van der Waals surface area (Å²) in [6, 6.07) is 7.44. The number of hydrogen-bond donors (Lipinski definition) is 0. The Morgan fingerprint density at radius 2 is 1.90 bits per heavy atom. The van der Waals surface area contributed by atoms with E-state index in [1.54, 1.807) is 13.0 Å². The molecule has 0 saturated heterocycles. The molecule has 1 aromatic carbocycles. The van der Waals surface area contributed by atoms with Crippen LogP contribution in [0.4, 0.5) is 0 Å². The van der Waals surface area contributed by atoms with Crippen molar-refractivity contribution >= 4 is 45.5 Å². The maximum Gasteiger partial charge on any atom is 0.297 e. The monoisotopic (exact) mass is 331 g/mol. The molecule has 0 atom stereocenters. The van der Waals surface area contributed by atoms with Gasteiger partial charge in [-0.25, -0.2) is 9.89 Å². The molecule has 0 aliphatic carbocycles. The number of hydrogen-bond acceptors (Lipinski definition) is 3. The predicted octanol–water partition coefficient (Wildman–Crippen LogP) is 2.38. The Morgan fingerprint density at radius 1 is 1.20 bits per heavy atom. The lowest BCUT2D eigenvalue weighted by Crippen LogP contribution is -2.37. The number of guanidine groups is 1. The van der Waals surface area contributed by atoms with Crippen molar-refractivity contribution in [3.05, 3.63) is 40.0 Å². The number of carbonyl (C=O) groups excluding carboxylic acids is 2. The molecule has 0 saturated carbocycles. The average molecular weight is 332 g/mol. The van der Waals surface area contributed by atoms with Gasteiger partial charge in [0.05, 0.1) is 6.42 Å². The van der Waals surface area contributed by atoms with E-state index in [0.717, 1.165) is 10.0 Å². The molecule has 20 heavy (non-hydrogen) atoms. The van der Waals surface area contributed by atoms with Crippen LogP contribution in [0.15, 0.2) is 44.4 Å². The first-order valence-electron chi connectivity index (χ1n) is 6.02. The fraction of sp³-hybridized carbons (Fsp3) is 0.143. The summed E-state index contributed by atoms with van der Waals surface area (Å²) in [5.74, 6) is -0.438. The molecule has 0 N–H and O–H groups in total. The highest BCUT2D eigenvalue weighted by Crippen LogP contribution is 2.24. The molecule has 3 rings (SSSR count). The van der Waals surface area contributed by atoms with Crippen LogP contribution in [0.25, 0.3) is 6.08 Å². The summed E-state index contributed by atoms with van der Waals surface area (Å²) in [5.41, 5.74) is 1.75. The van der Waals surface area contributed by atoms with Crippen molar-refractivity contribution in [2.45, 2.75) is 13.3 Å². The second-order valence-corrected chi connectivity index (χ2v) is 5.47. The van der Waals surface area contributed by atoms with E-state index in [1.165, 1.54) is 4.90 Å². The summed E-state index contributed by atoms with van der Waals surface area (Å²) in [7, 11) is 0. The first kappa shape index (κ1) is 12.9. The molecule has 2 aliphatic heterocycles. The highest BCUT2D eigenvalue weighted by molar-refractivity contribution is 9.10. The van der Waals surface area contributed by atoms with Crippen molar-refractivity contribution in [3.8, 4) is 0 Å². The first-order chi connectivity index (χ1) is 9.54. The number of halogens is 1. The Bertz CT molecular complexity index is 702. The van der Waals surface area contributed by atoms with E-state index < -0.39 is 5.91 Å². The van der Waals surface area contributed by atoms with Gasteiger partial charge in [-0.2, -0.15) is 4.99 Å². The minimum Gasteiger partial charge on any atom is -0.274 e. The molecule has 5 nitrogen and oxygen atoms in total. The van der Waals surface area contributed by atoms with Gasteiger partial charge in [0.1, 0.15) is 5.70 Å². The van der Waals surface area contributed by atoms with E-state index in [-0.39, 0.29) is 24.0 Å². The molecule has 100 valence electrons. The third-order valence-corrected chi connectivity index (χ3v) is 3.51. The van der Waals surface area contributed by atoms with E-state index in [0.29, 0.717) is 5.71 Å². The van der Waals surface area contributed by atoms with Crippen LogP contribution in [-0.2, 0) is 9.59 Å². The zero-order chi connectivity index (χ0) is 14.3. The van der Waals surface area contributed by atoms with Crippen LogP contribution in [-0.4, -0.2) is 28.4 Å². The molecule has 2 amide bonds. The number of nitrogens with zero attached hydrogens (tertiary/aromatic N) is 3. The molecule has 1 aromatic rings. The lowest BCUT2D eigenvalue weighted by atomic mass is 10.1. The summed E-state index contributed by atoms with van der Waals surface area (Å²) >= 11 is 3.35. The van der Waals surface area contributed by atoms with Gasteiger partial charge in [-0.1, -0.05) is 28.1 Å². The normalized spacial score (nSPS) is 20.1. The summed E-state index contributed by atoms with van der Waals surface area (Å²) in [5, 5.41) is 0. The highest BCUT2D eigenvalue weighted by atomic mass is 79.9. The quantitative estimate of drug-likeness (QED) is 0.741. The molecular formula is C14H10BrN3O2. The van der Waals surface area contributed by atoms with Crippen molar-refractivity contribution in [1.29, 1.82) is 0 Å². The molecule has 2 aliphatic rings. The van der Waals surface area contributed by atoms with Crippen LogP contribution in [0, 0.1) is 0 Å². The number of rotatable bonds is 1. The lowest BCUT2D eigenvalue weighted by molar-refractivity contribution is -0.126. The number of benzene rings is 1. The topological polar surface area (TPSA) is 62.1 Å². The van der Waals surface area contributed by atoms with Crippen LogP contribution in [0.1, 0.15) is 18.9 Å². The Labute approximate surface area is 123 Å². The number of amides is 2. The van der Waals surface area contributed by atoms with Crippen molar-refractivity contribution in [2.24, 2.45) is 9.98 Å². The summed E-state index contributed by atoms with van der Waals surface area (Å²) in [6.07, 6.45) is 1.86. The van der Waals surface area contributed by atoms with E-state index in [9.17, 15) is 9.59 Å². The van der Waals surface area contributed by atoms with E-state index in [1.807, 2.05) is 24.3 Å². The van der Waals surface area contributed by atoms with E-state index in [4.69, 9.17) is 0 Å². The molecule has 0 unspecified atom stereocenters. The molecule has 0 aromatic heterocycles. The summed E-state index contributed by atoms with van der Waals surface area (Å²) in [6.45, 7) is 1.75. The van der Waals surface area contributed by atoms with Crippen molar-refractivity contribution in [1.82, 2.24) is 4.90 Å². The van der Waals surface area contributed by atoms with Crippen LogP contribution in [0.2, 0.25) is 0 Å². The van der Waals surface area contributed by atoms with Gasteiger partial charge in [0.2, 0.25) is 11.9 Å². The summed E-state index contributed by atoms with van der Waals surface area (Å²) in [4.78, 5) is 33.3. The van der Waals surface area contributed by atoms with Gasteiger partial charge in [-0.15, -0.1) is 0 Å². The number of carbonyl (C=O) groups is 2. The lowest BCUT2D eigenvalue weighted by Gasteiger charge is -2.20. The Hall–Kier alpha value is -2.08. The first-order valence-corrected chi connectivity index (χ1v) is 6.81. The minimum atomic E-state index is -0.435. The van der Waals surface area contributed by atoms with Crippen molar-refractivity contribution < 1.29 is 9.59 Å². The van der Waals surface area contributed by atoms with Gasteiger partial charge in [0.25, 0.3) is 5.91 Å². The fourth-order valence-corrected chi connectivity index (χ4v) is 2.34. The molecule has 0 fully saturated rings. The Morgan fingerprint density at radius 3 is 2.60 bits per heavy atom. The Kier molecular flexibility index (Phi) is 3.10. The highest BCUT2D eigenvalue weighted by Gasteiger charge is 2.37. The van der Waals surface area contributed by atoms with E-state index in [2.05, 4.69) is 25.9 Å². The van der Waals surface area contributed by atoms with Gasteiger partial charge in [0, 0.05) is 10.2 Å².